The maximum atomic E-state index is 5.37. The van der Waals surface area contributed by atoms with Gasteiger partial charge in [-0.2, -0.15) is 0 Å². The minimum absolute atomic E-state index is 0.709. The van der Waals surface area contributed by atoms with E-state index in [0.717, 1.165) is 18.2 Å². The number of rotatable bonds is 4. The summed E-state index contributed by atoms with van der Waals surface area (Å²) in [7, 11) is 1.74. The van der Waals surface area contributed by atoms with Crippen LogP contribution in [-0.4, -0.2) is 13.2 Å². The average molecular weight is 219 g/mol. The summed E-state index contributed by atoms with van der Waals surface area (Å²) < 4.78 is 5.37. The monoisotopic (exact) mass is 219 g/mol. The molecule has 0 amide bonds. The number of benzene rings is 1. The summed E-state index contributed by atoms with van der Waals surface area (Å²) in [4.78, 5) is 0. The molecule has 0 atom stereocenters. The van der Waals surface area contributed by atoms with Crippen molar-refractivity contribution in [2.75, 3.05) is 7.11 Å². The maximum Gasteiger partial charge on any atom is 0.123 e. The van der Waals surface area contributed by atoms with E-state index in [9.17, 15) is 0 Å². The minimum Gasteiger partial charge on any atom is -0.496 e. The quantitative estimate of drug-likeness (QED) is 0.840. The Bertz CT molecular complexity index is 356. The van der Waals surface area contributed by atoms with Crippen LogP contribution in [0, 0.1) is 12.8 Å². The van der Waals surface area contributed by atoms with E-state index in [-0.39, 0.29) is 0 Å². The predicted molar refractivity (Wildman–Crippen MR) is 66.8 cm³/mol. The van der Waals surface area contributed by atoms with Gasteiger partial charge in [-0.05, 0) is 31.7 Å². The van der Waals surface area contributed by atoms with Crippen molar-refractivity contribution < 1.29 is 4.74 Å². The molecule has 0 aliphatic heterocycles. The minimum atomic E-state index is 0.709. The lowest BCUT2D eigenvalue weighted by atomic mass is 9.82. The molecule has 0 radical (unpaired) electrons. The Morgan fingerprint density at radius 3 is 2.75 bits per heavy atom. The summed E-state index contributed by atoms with van der Waals surface area (Å²) in [5.41, 5.74) is 2.56. The molecule has 0 unspecified atom stereocenters. The molecular weight excluding hydrogens is 198 g/mol. The Labute approximate surface area is 98.0 Å². The molecule has 1 aromatic carbocycles. The highest BCUT2D eigenvalue weighted by Crippen LogP contribution is 2.27. The lowest BCUT2D eigenvalue weighted by Gasteiger charge is -2.33. The first-order chi connectivity index (χ1) is 7.69. The van der Waals surface area contributed by atoms with Crippen LogP contribution in [0.1, 0.15) is 30.9 Å². The average Bonchev–Trinajstić information content (AvgIpc) is 2.23. The number of aryl methyl sites for hydroxylation is 1. The summed E-state index contributed by atoms with van der Waals surface area (Å²) in [6, 6.07) is 7.05. The molecule has 1 saturated carbocycles. The zero-order chi connectivity index (χ0) is 11.5. The number of ether oxygens (including phenoxy) is 1. The fourth-order valence-corrected chi connectivity index (χ4v) is 2.37. The van der Waals surface area contributed by atoms with E-state index >= 15 is 0 Å². The molecule has 2 rings (SSSR count). The Morgan fingerprint density at radius 1 is 1.38 bits per heavy atom. The van der Waals surface area contributed by atoms with E-state index in [2.05, 4.69) is 37.4 Å². The third kappa shape index (κ3) is 2.56. The molecule has 88 valence electrons. The number of hydrogen-bond donors (Lipinski definition) is 1. The number of hydrogen-bond acceptors (Lipinski definition) is 2. The fourth-order valence-electron chi connectivity index (χ4n) is 2.37. The number of nitrogens with one attached hydrogen (secondary N) is 1. The van der Waals surface area contributed by atoms with E-state index in [0.29, 0.717) is 6.04 Å². The second kappa shape index (κ2) is 4.88. The molecule has 1 aliphatic carbocycles. The van der Waals surface area contributed by atoms with Crippen molar-refractivity contribution in [3.8, 4) is 5.75 Å². The summed E-state index contributed by atoms with van der Waals surface area (Å²) in [6.07, 6.45) is 2.63. The van der Waals surface area contributed by atoms with Gasteiger partial charge < -0.3 is 10.1 Å². The van der Waals surface area contributed by atoms with Gasteiger partial charge in [-0.3, -0.25) is 0 Å². The summed E-state index contributed by atoms with van der Waals surface area (Å²) in [5.74, 6) is 1.89. The van der Waals surface area contributed by atoms with E-state index in [1.165, 1.54) is 24.0 Å². The molecule has 16 heavy (non-hydrogen) atoms. The Kier molecular flexibility index (Phi) is 3.49. The zero-order valence-electron chi connectivity index (χ0n) is 10.4. The normalized spacial score (nSPS) is 23.9. The molecule has 0 saturated heterocycles. The second-order valence-corrected chi connectivity index (χ2v) is 4.97. The smallest absolute Gasteiger partial charge is 0.123 e. The van der Waals surface area contributed by atoms with Crippen LogP contribution in [0.4, 0.5) is 0 Å². The summed E-state index contributed by atoms with van der Waals surface area (Å²) in [6.45, 7) is 5.35. The van der Waals surface area contributed by atoms with Crippen LogP contribution < -0.4 is 10.1 Å². The topological polar surface area (TPSA) is 21.3 Å². The molecule has 1 fully saturated rings. The third-order valence-corrected chi connectivity index (χ3v) is 3.39. The second-order valence-electron chi connectivity index (χ2n) is 4.97. The van der Waals surface area contributed by atoms with Gasteiger partial charge in [0.25, 0.3) is 0 Å². The van der Waals surface area contributed by atoms with Crippen LogP contribution in [-0.2, 0) is 6.54 Å². The first-order valence-electron chi connectivity index (χ1n) is 6.06. The van der Waals surface area contributed by atoms with Crippen LogP contribution >= 0.6 is 0 Å². The Balaban J connectivity index is 1.94. The van der Waals surface area contributed by atoms with Crippen molar-refractivity contribution in [2.24, 2.45) is 5.92 Å². The van der Waals surface area contributed by atoms with Gasteiger partial charge in [-0.25, -0.2) is 0 Å². The van der Waals surface area contributed by atoms with Gasteiger partial charge >= 0.3 is 0 Å². The standard InChI is InChI=1S/C14H21NO/c1-10-4-5-14(16-3)12(6-10)9-15-13-7-11(2)8-13/h4-6,11,13,15H,7-9H2,1-3H3. The van der Waals surface area contributed by atoms with Gasteiger partial charge in [0.1, 0.15) is 5.75 Å². The van der Waals surface area contributed by atoms with Gasteiger partial charge in [0.05, 0.1) is 7.11 Å². The van der Waals surface area contributed by atoms with E-state index in [1.54, 1.807) is 7.11 Å². The molecule has 1 aliphatic rings. The van der Waals surface area contributed by atoms with Gasteiger partial charge in [0, 0.05) is 18.2 Å². The van der Waals surface area contributed by atoms with E-state index < -0.39 is 0 Å². The van der Waals surface area contributed by atoms with Gasteiger partial charge in [0.15, 0.2) is 0 Å². The van der Waals surface area contributed by atoms with Crippen LogP contribution in [0.3, 0.4) is 0 Å². The van der Waals surface area contributed by atoms with Crippen LogP contribution in [0.15, 0.2) is 18.2 Å². The van der Waals surface area contributed by atoms with Crippen molar-refractivity contribution in [2.45, 2.75) is 39.3 Å². The zero-order valence-corrected chi connectivity index (χ0v) is 10.4. The molecule has 0 aromatic heterocycles. The highest BCUT2D eigenvalue weighted by molar-refractivity contribution is 5.36. The number of methoxy groups -OCH3 is 1. The highest BCUT2D eigenvalue weighted by Gasteiger charge is 2.24. The SMILES string of the molecule is COc1ccc(C)cc1CNC1CC(C)C1. The molecule has 1 aromatic rings. The summed E-state index contributed by atoms with van der Waals surface area (Å²) in [5, 5.41) is 3.59. The lowest BCUT2D eigenvalue weighted by Crippen LogP contribution is -2.39. The van der Waals surface area contributed by atoms with Gasteiger partial charge in [-0.15, -0.1) is 0 Å². The van der Waals surface area contributed by atoms with Crippen molar-refractivity contribution in [1.29, 1.82) is 0 Å². The lowest BCUT2D eigenvalue weighted by molar-refractivity contribution is 0.239. The van der Waals surface area contributed by atoms with Crippen molar-refractivity contribution in [3.63, 3.8) is 0 Å². The van der Waals surface area contributed by atoms with Crippen molar-refractivity contribution in [3.05, 3.63) is 29.3 Å². The summed E-state index contributed by atoms with van der Waals surface area (Å²) >= 11 is 0. The molecule has 1 N–H and O–H groups in total. The Hall–Kier alpha value is -1.02. The highest BCUT2D eigenvalue weighted by atomic mass is 16.5. The molecule has 2 nitrogen and oxygen atoms in total. The van der Waals surface area contributed by atoms with Crippen molar-refractivity contribution >= 4 is 0 Å². The van der Waals surface area contributed by atoms with E-state index in [4.69, 9.17) is 4.74 Å². The first-order valence-corrected chi connectivity index (χ1v) is 6.06. The van der Waals surface area contributed by atoms with Gasteiger partial charge in [-0.1, -0.05) is 24.6 Å². The molecular formula is C14H21NO. The molecule has 2 heteroatoms. The molecule has 0 heterocycles. The predicted octanol–water partition coefficient (Wildman–Crippen LogP) is 2.89. The van der Waals surface area contributed by atoms with Crippen LogP contribution in [0.25, 0.3) is 0 Å². The largest absolute Gasteiger partial charge is 0.496 e. The van der Waals surface area contributed by atoms with Gasteiger partial charge in [0.2, 0.25) is 0 Å². The Morgan fingerprint density at radius 2 is 2.12 bits per heavy atom. The third-order valence-electron chi connectivity index (χ3n) is 3.39. The fraction of sp³-hybridized carbons (Fsp3) is 0.571. The molecule has 0 spiro atoms. The molecule has 0 bridgehead atoms. The van der Waals surface area contributed by atoms with Crippen LogP contribution in [0.2, 0.25) is 0 Å². The first kappa shape index (κ1) is 11.5. The maximum absolute atomic E-state index is 5.37. The van der Waals surface area contributed by atoms with E-state index in [1.807, 2.05) is 0 Å². The van der Waals surface area contributed by atoms with Crippen molar-refractivity contribution in [1.82, 2.24) is 5.32 Å². The van der Waals surface area contributed by atoms with Crippen LogP contribution in [0.5, 0.6) is 5.75 Å².